The maximum absolute atomic E-state index is 13.6. The van der Waals surface area contributed by atoms with E-state index in [0.29, 0.717) is 19.7 Å². The van der Waals surface area contributed by atoms with Gasteiger partial charge >= 0.3 is 0 Å². The molecule has 2 rings (SSSR count). The van der Waals surface area contributed by atoms with Crippen molar-refractivity contribution < 1.29 is 19.0 Å². The Hall–Kier alpha value is -1.62. The Morgan fingerprint density at radius 1 is 1.56 bits per heavy atom. The van der Waals surface area contributed by atoms with Gasteiger partial charge in [-0.05, 0) is 25.5 Å². The lowest BCUT2D eigenvalue weighted by Crippen LogP contribution is -2.36. The van der Waals surface area contributed by atoms with Crippen molar-refractivity contribution in [3.63, 3.8) is 0 Å². The molecule has 98 valence electrons. The van der Waals surface area contributed by atoms with E-state index in [4.69, 9.17) is 9.84 Å². The van der Waals surface area contributed by atoms with Gasteiger partial charge in [-0.25, -0.2) is 4.39 Å². The fraction of sp³-hybridized carbons (Fsp3) is 0.462. The lowest BCUT2D eigenvalue weighted by Gasteiger charge is -2.22. The molecule has 0 bridgehead atoms. The molecule has 5 heteroatoms. The minimum Gasteiger partial charge on any atom is -0.508 e. The first kappa shape index (κ1) is 12.8. The summed E-state index contributed by atoms with van der Waals surface area (Å²) in [5.74, 6) is -1.24. The van der Waals surface area contributed by atoms with Crippen LogP contribution < -0.4 is 0 Å². The van der Waals surface area contributed by atoms with E-state index in [1.807, 2.05) is 6.92 Å². The number of hydrogen-bond donors (Lipinski definition) is 1. The number of ether oxygens (including phenoxy) is 1. The minimum atomic E-state index is -0.696. The van der Waals surface area contributed by atoms with Crippen LogP contribution in [0.4, 0.5) is 4.39 Å². The molecule has 0 aromatic heterocycles. The van der Waals surface area contributed by atoms with Crippen LogP contribution in [-0.4, -0.2) is 41.7 Å². The number of rotatable bonds is 1. The molecule has 1 N–H and O–H groups in total. The van der Waals surface area contributed by atoms with Crippen molar-refractivity contribution in [2.45, 2.75) is 19.4 Å². The Bertz CT molecular complexity index is 450. The van der Waals surface area contributed by atoms with Crippen LogP contribution in [-0.2, 0) is 4.74 Å². The number of carbonyl (C=O) groups is 1. The maximum Gasteiger partial charge on any atom is 0.256 e. The molecular weight excluding hydrogens is 237 g/mol. The van der Waals surface area contributed by atoms with Gasteiger partial charge < -0.3 is 14.7 Å². The molecule has 0 spiro atoms. The monoisotopic (exact) mass is 253 g/mol. The van der Waals surface area contributed by atoms with Crippen LogP contribution in [0.5, 0.6) is 5.75 Å². The molecule has 1 fully saturated rings. The standard InChI is InChI=1S/C13H16FNO3/c1-9-8-15(5-2-6-18-9)13(17)11-4-3-10(16)7-12(11)14/h3-4,7,9,16H,2,5-6,8H2,1H3. The summed E-state index contributed by atoms with van der Waals surface area (Å²) in [4.78, 5) is 13.8. The van der Waals surface area contributed by atoms with E-state index in [-0.39, 0.29) is 23.3 Å². The van der Waals surface area contributed by atoms with E-state index >= 15 is 0 Å². The van der Waals surface area contributed by atoms with E-state index in [1.165, 1.54) is 12.1 Å². The Kier molecular flexibility index (Phi) is 3.81. The highest BCUT2D eigenvalue weighted by molar-refractivity contribution is 5.94. The Morgan fingerprint density at radius 2 is 2.33 bits per heavy atom. The number of phenolic OH excluding ortho intramolecular Hbond substituents is 1. The molecule has 4 nitrogen and oxygen atoms in total. The minimum absolute atomic E-state index is 0.0121. The number of halogens is 1. The van der Waals surface area contributed by atoms with Crippen LogP contribution in [0.2, 0.25) is 0 Å². The van der Waals surface area contributed by atoms with E-state index in [9.17, 15) is 9.18 Å². The zero-order chi connectivity index (χ0) is 13.1. The third kappa shape index (κ3) is 2.79. The van der Waals surface area contributed by atoms with Gasteiger partial charge in [-0.15, -0.1) is 0 Å². The lowest BCUT2D eigenvalue weighted by molar-refractivity contribution is 0.0560. The fourth-order valence-electron chi connectivity index (χ4n) is 2.03. The molecule has 0 radical (unpaired) electrons. The highest BCUT2D eigenvalue weighted by Gasteiger charge is 2.23. The average molecular weight is 253 g/mol. The summed E-state index contributed by atoms with van der Waals surface area (Å²) in [6, 6.07) is 3.57. The molecule has 1 aromatic carbocycles. The van der Waals surface area contributed by atoms with Crippen molar-refractivity contribution in [2.24, 2.45) is 0 Å². The molecule has 18 heavy (non-hydrogen) atoms. The molecule has 1 saturated heterocycles. The van der Waals surface area contributed by atoms with E-state index in [1.54, 1.807) is 4.90 Å². The topological polar surface area (TPSA) is 49.8 Å². The molecular formula is C13H16FNO3. The predicted molar refractivity (Wildman–Crippen MR) is 64.0 cm³/mol. The molecule has 0 saturated carbocycles. The van der Waals surface area contributed by atoms with Crippen molar-refractivity contribution in [1.29, 1.82) is 0 Å². The van der Waals surface area contributed by atoms with Gasteiger partial charge in [0.2, 0.25) is 0 Å². The Balaban J connectivity index is 2.19. The number of carbonyl (C=O) groups excluding carboxylic acids is 1. The number of benzene rings is 1. The van der Waals surface area contributed by atoms with Gasteiger partial charge in [-0.3, -0.25) is 4.79 Å². The summed E-state index contributed by atoms with van der Waals surface area (Å²) in [5.41, 5.74) is -0.0121. The second-order valence-electron chi connectivity index (χ2n) is 4.45. The zero-order valence-electron chi connectivity index (χ0n) is 10.2. The van der Waals surface area contributed by atoms with Gasteiger partial charge in [0.1, 0.15) is 11.6 Å². The van der Waals surface area contributed by atoms with E-state index < -0.39 is 5.82 Å². The van der Waals surface area contributed by atoms with Gasteiger partial charge in [0, 0.05) is 25.8 Å². The normalized spacial score (nSPS) is 20.6. The third-order valence-corrected chi connectivity index (χ3v) is 2.92. The van der Waals surface area contributed by atoms with Gasteiger partial charge in [-0.1, -0.05) is 0 Å². The smallest absolute Gasteiger partial charge is 0.256 e. The van der Waals surface area contributed by atoms with Crippen molar-refractivity contribution in [3.8, 4) is 5.75 Å². The second kappa shape index (κ2) is 5.35. The fourth-order valence-corrected chi connectivity index (χ4v) is 2.03. The maximum atomic E-state index is 13.6. The highest BCUT2D eigenvalue weighted by Crippen LogP contribution is 2.18. The number of aromatic hydroxyl groups is 1. The van der Waals surface area contributed by atoms with Gasteiger partial charge in [0.15, 0.2) is 0 Å². The first-order valence-electron chi connectivity index (χ1n) is 5.97. The molecule has 1 unspecified atom stereocenters. The predicted octanol–water partition coefficient (Wildman–Crippen LogP) is 1.78. The highest BCUT2D eigenvalue weighted by atomic mass is 19.1. The van der Waals surface area contributed by atoms with Crippen molar-refractivity contribution >= 4 is 5.91 Å². The molecule has 1 amide bonds. The summed E-state index contributed by atoms with van der Waals surface area (Å²) in [6.45, 7) is 3.52. The van der Waals surface area contributed by atoms with Crippen LogP contribution in [0, 0.1) is 5.82 Å². The molecule has 0 aliphatic carbocycles. The Labute approximate surface area is 105 Å². The van der Waals surface area contributed by atoms with Crippen LogP contribution in [0.3, 0.4) is 0 Å². The largest absolute Gasteiger partial charge is 0.508 e. The molecule has 1 aromatic rings. The lowest BCUT2D eigenvalue weighted by atomic mass is 10.1. The van der Waals surface area contributed by atoms with E-state index in [2.05, 4.69) is 0 Å². The summed E-state index contributed by atoms with van der Waals surface area (Å²) >= 11 is 0. The summed E-state index contributed by atoms with van der Waals surface area (Å²) in [7, 11) is 0. The number of hydrogen-bond acceptors (Lipinski definition) is 3. The average Bonchev–Trinajstić information content (AvgIpc) is 2.53. The SMILES string of the molecule is CC1CN(C(=O)c2ccc(O)cc2F)CCCO1. The Morgan fingerprint density at radius 3 is 3.06 bits per heavy atom. The summed E-state index contributed by atoms with van der Waals surface area (Å²) in [6.07, 6.45) is 0.701. The quantitative estimate of drug-likeness (QED) is 0.830. The first-order chi connectivity index (χ1) is 8.58. The molecule has 1 heterocycles. The first-order valence-corrected chi connectivity index (χ1v) is 5.97. The summed E-state index contributed by atoms with van der Waals surface area (Å²) in [5, 5.41) is 9.13. The van der Waals surface area contributed by atoms with E-state index in [0.717, 1.165) is 12.5 Å². The van der Waals surface area contributed by atoms with Crippen LogP contribution >= 0.6 is 0 Å². The number of amides is 1. The van der Waals surface area contributed by atoms with Crippen molar-refractivity contribution in [3.05, 3.63) is 29.6 Å². The van der Waals surface area contributed by atoms with Crippen LogP contribution in [0.1, 0.15) is 23.7 Å². The summed E-state index contributed by atoms with van der Waals surface area (Å²) < 4.78 is 19.1. The van der Waals surface area contributed by atoms with Crippen molar-refractivity contribution in [1.82, 2.24) is 4.90 Å². The molecule has 1 aliphatic heterocycles. The van der Waals surface area contributed by atoms with Gasteiger partial charge in [-0.2, -0.15) is 0 Å². The zero-order valence-corrected chi connectivity index (χ0v) is 10.2. The van der Waals surface area contributed by atoms with Gasteiger partial charge in [0.05, 0.1) is 11.7 Å². The molecule has 1 atom stereocenters. The van der Waals surface area contributed by atoms with Gasteiger partial charge in [0.25, 0.3) is 5.91 Å². The van der Waals surface area contributed by atoms with Crippen LogP contribution in [0.25, 0.3) is 0 Å². The van der Waals surface area contributed by atoms with Crippen LogP contribution in [0.15, 0.2) is 18.2 Å². The van der Waals surface area contributed by atoms with Crippen molar-refractivity contribution in [2.75, 3.05) is 19.7 Å². The molecule has 1 aliphatic rings. The number of nitrogens with zero attached hydrogens (tertiary/aromatic N) is 1. The third-order valence-electron chi connectivity index (χ3n) is 2.92. The number of phenols is 1. The second-order valence-corrected chi connectivity index (χ2v) is 4.45.